The summed E-state index contributed by atoms with van der Waals surface area (Å²) in [7, 11) is 0. The fourth-order valence-corrected chi connectivity index (χ4v) is 1.90. The van der Waals surface area contributed by atoms with Crippen molar-refractivity contribution in [1.29, 1.82) is 0 Å². The van der Waals surface area contributed by atoms with Gasteiger partial charge in [-0.3, -0.25) is 4.79 Å². The molecule has 1 fully saturated rings. The normalized spacial score (nSPS) is 24.5. The number of hydrogen-bond donors (Lipinski definition) is 1. The maximum absolute atomic E-state index is 11.8. The summed E-state index contributed by atoms with van der Waals surface area (Å²) in [6.45, 7) is 14.7. The molecular weight excluding hydrogens is 174 g/mol. The van der Waals surface area contributed by atoms with Gasteiger partial charge in [-0.05, 0) is 10.8 Å². The van der Waals surface area contributed by atoms with Crippen LogP contribution >= 0.6 is 0 Å². The van der Waals surface area contributed by atoms with Gasteiger partial charge in [-0.15, -0.1) is 0 Å². The molecule has 0 aromatic heterocycles. The van der Waals surface area contributed by atoms with Gasteiger partial charge in [0.25, 0.3) is 0 Å². The van der Waals surface area contributed by atoms with E-state index in [1.807, 2.05) is 20.8 Å². The van der Waals surface area contributed by atoms with Crippen molar-refractivity contribution in [2.75, 3.05) is 0 Å². The Hall–Kier alpha value is -0.530. The van der Waals surface area contributed by atoms with Gasteiger partial charge < -0.3 is 5.32 Å². The third-order valence-electron chi connectivity index (χ3n) is 3.98. The second-order valence-corrected chi connectivity index (χ2v) is 6.60. The molecule has 0 radical (unpaired) electrons. The predicted octanol–water partition coefficient (Wildman–Crippen LogP) is 2.58. The van der Waals surface area contributed by atoms with Gasteiger partial charge in [-0.1, -0.05) is 48.5 Å². The van der Waals surface area contributed by atoms with Crippen LogP contribution in [0.2, 0.25) is 0 Å². The van der Waals surface area contributed by atoms with E-state index in [-0.39, 0.29) is 22.2 Å². The van der Waals surface area contributed by atoms with Crippen molar-refractivity contribution < 1.29 is 4.79 Å². The van der Waals surface area contributed by atoms with E-state index < -0.39 is 0 Å². The quantitative estimate of drug-likeness (QED) is 0.688. The first-order valence-electron chi connectivity index (χ1n) is 5.32. The van der Waals surface area contributed by atoms with Crippen LogP contribution in [0.15, 0.2) is 0 Å². The highest BCUT2D eigenvalue weighted by Crippen LogP contribution is 2.62. The maximum Gasteiger partial charge on any atom is 0.225 e. The Morgan fingerprint density at radius 2 is 1.43 bits per heavy atom. The Bertz CT molecular complexity index is 244. The molecule has 2 nitrogen and oxygen atoms in total. The highest BCUT2D eigenvalue weighted by molar-refractivity contribution is 5.82. The zero-order valence-corrected chi connectivity index (χ0v) is 10.5. The van der Waals surface area contributed by atoms with Crippen LogP contribution in [0.25, 0.3) is 0 Å². The molecule has 1 aliphatic rings. The summed E-state index contributed by atoms with van der Waals surface area (Å²) in [5.41, 5.74) is 0.177. The Morgan fingerprint density at radius 1 is 1.07 bits per heavy atom. The molecule has 0 aliphatic heterocycles. The van der Waals surface area contributed by atoms with Gasteiger partial charge in [-0.2, -0.15) is 0 Å². The van der Waals surface area contributed by atoms with Crippen LogP contribution in [0, 0.1) is 16.2 Å². The predicted molar refractivity (Wildman–Crippen MR) is 58.9 cm³/mol. The lowest BCUT2D eigenvalue weighted by atomic mass is 9.95. The minimum atomic E-state index is -0.283. The molecule has 1 amide bonds. The Kier molecular flexibility index (Phi) is 2.26. The lowest BCUT2D eigenvalue weighted by Gasteiger charge is -2.18. The first-order chi connectivity index (χ1) is 6.01. The van der Waals surface area contributed by atoms with E-state index in [1.54, 1.807) is 0 Å². The second kappa shape index (κ2) is 2.74. The van der Waals surface area contributed by atoms with E-state index >= 15 is 0 Å². The number of carbonyl (C=O) groups is 1. The minimum absolute atomic E-state index is 0.154. The number of rotatable bonds is 1. The van der Waals surface area contributed by atoms with Crippen LogP contribution in [0.1, 0.15) is 48.5 Å². The fraction of sp³-hybridized carbons (Fsp3) is 0.917. The zero-order valence-electron chi connectivity index (χ0n) is 10.5. The van der Waals surface area contributed by atoms with E-state index in [4.69, 9.17) is 0 Å². The molecule has 0 heterocycles. The van der Waals surface area contributed by atoms with E-state index in [2.05, 4.69) is 33.0 Å². The summed E-state index contributed by atoms with van der Waals surface area (Å²) in [6, 6.07) is 0.321. The molecular formula is C12H23NO. The molecule has 14 heavy (non-hydrogen) atoms. The standard InChI is InChI=1S/C12H23NO/c1-10(2,3)9(14)13-8-11(4,5)12(8,6)7/h8H,1-7H3,(H,13,14). The van der Waals surface area contributed by atoms with E-state index in [1.165, 1.54) is 0 Å². The van der Waals surface area contributed by atoms with Crippen LogP contribution in [0.3, 0.4) is 0 Å². The van der Waals surface area contributed by atoms with Crippen molar-refractivity contribution in [2.24, 2.45) is 16.2 Å². The first-order valence-corrected chi connectivity index (χ1v) is 5.32. The summed E-state index contributed by atoms with van der Waals surface area (Å²) in [6.07, 6.45) is 0. The van der Waals surface area contributed by atoms with Gasteiger partial charge in [0.1, 0.15) is 0 Å². The summed E-state index contributed by atoms with van der Waals surface area (Å²) in [5.74, 6) is 0.154. The zero-order chi connectivity index (χ0) is 11.4. The summed E-state index contributed by atoms with van der Waals surface area (Å²) >= 11 is 0. The van der Waals surface area contributed by atoms with Crippen LogP contribution < -0.4 is 5.32 Å². The molecule has 0 unspecified atom stereocenters. The Morgan fingerprint density at radius 3 is 1.64 bits per heavy atom. The largest absolute Gasteiger partial charge is 0.352 e. The monoisotopic (exact) mass is 197 g/mol. The maximum atomic E-state index is 11.8. The van der Waals surface area contributed by atoms with Crippen LogP contribution in [-0.4, -0.2) is 11.9 Å². The van der Waals surface area contributed by atoms with Gasteiger partial charge in [0, 0.05) is 11.5 Å². The Labute approximate surface area is 87.5 Å². The number of amides is 1. The Balaban J connectivity index is 2.63. The molecule has 0 aromatic carbocycles. The van der Waals surface area contributed by atoms with Crippen molar-refractivity contribution in [3.8, 4) is 0 Å². The molecule has 2 heteroatoms. The molecule has 82 valence electrons. The smallest absolute Gasteiger partial charge is 0.225 e. The van der Waals surface area contributed by atoms with Gasteiger partial charge >= 0.3 is 0 Å². The van der Waals surface area contributed by atoms with Crippen LogP contribution in [0.4, 0.5) is 0 Å². The van der Waals surface area contributed by atoms with Crippen LogP contribution in [-0.2, 0) is 4.79 Å². The molecule has 0 atom stereocenters. The average molecular weight is 197 g/mol. The lowest BCUT2D eigenvalue weighted by molar-refractivity contribution is -0.128. The SMILES string of the molecule is CC(C)(C)C(=O)NC1C(C)(C)C1(C)C. The third-order valence-corrected chi connectivity index (χ3v) is 3.98. The summed E-state index contributed by atoms with van der Waals surface area (Å²) in [5, 5.41) is 3.14. The highest BCUT2D eigenvalue weighted by atomic mass is 16.2. The molecule has 1 aliphatic carbocycles. The number of nitrogens with one attached hydrogen (secondary N) is 1. The van der Waals surface area contributed by atoms with Crippen molar-refractivity contribution in [1.82, 2.24) is 5.32 Å². The molecule has 1 saturated carbocycles. The van der Waals surface area contributed by atoms with Crippen molar-refractivity contribution in [2.45, 2.75) is 54.5 Å². The summed E-state index contributed by atoms with van der Waals surface area (Å²) < 4.78 is 0. The van der Waals surface area contributed by atoms with Gasteiger partial charge in [-0.25, -0.2) is 0 Å². The fourth-order valence-electron chi connectivity index (χ4n) is 1.90. The highest BCUT2D eigenvalue weighted by Gasteiger charge is 2.65. The molecule has 0 spiro atoms. The van der Waals surface area contributed by atoms with E-state index in [9.17, 15) is 4.79 Å². The van der Waals surface area contributed by atoms with Crippen molar-refractivity contribution in [3.63, 3.8) is 0 Å². The second-order valence-electron chi connectivity index (χ2n) is 6.60. The van der Waals surface area contributed by atoms with Crippen molar-refractivity contribution in [3.05, 3.63) is 0 Å². The van der Waals surface area contributed by atoms with E-state index in [0.29, 0.717) is 6.04 Å². The van der Waals surface area contributed by atoms with Crippen molar-refractivity contribution >= 4 is 5.91 Å². The topological polar surface area (TPSA) is 29.1 Å². The van der Waals surface area contributed by atoms with E-state index in [0.717, 1.165) is 0 Å². The number of hydrogen-bond acceptors (Lipinski definition) is 1. The molecule has 0 saturated heterocycles. The van der Waals surface area contributed by atoms with Crippen LogP contribution in [0.5, 0.6) is 0 Å². The first kappa shape index (κ1) is 11.5. The lowest BCUT2D eigenvalue weighted by Crippen LogP contribution is -2.38. The minimum Gasteiger partial charge on any atom is -0.352 e. The average Bonchev–Trinajstić information content (AvgIpc) is 2.30. The number of carbonyl (C=O) groups excluding carboxylic acids is 1. The molecule has 1 N–H and O–H groups in total. The molecule has 0 aromatic rings. The summed E-state index contributed by atoms with van der Waals surface area (Å²) in [4.78, 5) is 11.8. The van der Waals surface area contributed by atoms with Gasteiger partial charge in [0.2, 0.25) is 5.91 Å². The van der Waals surface area contributed by atoms with Gasteiger partial charge in [0.05, 0.1) is 0 Å². The third kappa shape index (κ3) is 1.55. The van der Waals surface area contributed by atoms with Gasteiger partial charge in [0.15, 0.2) is 0 Å². The molecule has 0 bridgehead atoms. The molecule has 1 rings (SSSR count).